The lowest BCUT2D eigenvalue weighted by Gasteiger charge is -2.17. The minimum Gasteiger partial charge on any atom is -0.476 e. The lowest BCUT2D eigenvalue weighted by molar-refractivity contribution is 0.249. The van der Waals surface area contributed by atoms with Gasteiger partial charge in [0.1, 0.15) is 11.8 Å². The quantitative estimate of drug-likeness (QED) is 0.845. The van der Waals surface area contributed by atoms with Crippen molar-refractivity contribution in [1.29, 1.82) is 5.26 Å². The van der Waals surface area contributed by atoms with Gasteiger partial charge in [0.05, 0.1) is 12.3 Å². The number of rotatable bonds is 4. The van der Waals surface area contributed by atoms with Crippen LogP contribution in [0.4, 0.5) is 5.95 Å². The number of hydrogen-bond donors (Lipinski definition) is 0. The molecule has 1 aliphatic rings. The molecule has 0 radical (unpaired) electrons. The SMILES string of the molecule is CC(C)(C)c1ccc(OCC2CCN(c3nccc(C#N)n3)C2)nn1. The third-order valence-electron chi connectivity index (χ3n) is 4.20. The molecule has 0 spiro atoms. The fraction of sp³-hybridized carbons (Fsp3) is 0.500. The zero-order chi connectivity index (χ0) is 17.9. The van der Waals surface area contributed by atoms with Gasteiger partial charge < -0.3 is 9.64 Å². The zero-order valence-electron chi connectivity index (χ0n) is 14.8. The summed E-state index contributed by atoms with van der Waals surface area (Å²) in [5.74, 6) is 1.53. The number of ether oxygens (including phenoxy) is 1. The maximum Gasteiger partial charge on any atom is 0.233 e. The predicted molar refractivity (Wildman–Crippen MR) is 93.3 cm³/mol. The van der Waals surface area contributed by atoms with E-state index in [0.29, 0.717) is 30.0 Å². The van der Waals surface area contributed by atoms with E-state index in [-0.39, 0.29) is 5.41 Å². The molecule has 1 fully saturated rings. The van der Waals surface area contributed by atoms with Crippen LogP contribution in [0.15, 0.2) is 24.4 Å². The van der Waals surface area contributed by atoms with Crippen molar-refractivity contribution in [3.8, 4) is 11.9 Å². The van der Waals surface area contributed by atoms with Gasteiger partial charge in [-0.05, 0) is 18.6 Å². The first kappa shape index (κ1) is 17.1. The molecule has 7 nitrogen and oxygen atoms in total. The van der Waals surface area contributed by atoms with Crippen LogP contribution in [0.25, 0.3) is 0 Å². The molecule has 3 heterocycles. The van der Waals surface area contributed by atoms with Gasteiger partial charge in [-0.15, -0.1) is 5.10 Å². The van der Waals surface area contributed by atoms with Gasteiger partial charge in [0.25, 0.3) is 0 Å². The topological polar surface area (TPSA) is 87.8 Å². The zero-order valence-corrected chi connectivity index (χ0v) is 14.8. The van der Waals surface area contributed by atoms with Crippen molar-refractivity contribution in [3.05, 3.63) is 35.8 Å². The molecular formula is C18H22N6O. The minimum atomic E-state index is -0.0184. The summed E-state index contributed by atoms with van der Waals surface area (Å²) in [6, 6.07) is 7.49. The number of anilines is 1. The van der Waals surface area contributed by atoms with Gasteiger partial charge in [0, 0.05) is 36.7 Å². The van der Waals surface area contributed by atoms with E-state index in [1.54, 1.807) is 12.3 Å². The molecule has 0 aliphatic carbocycles. The van der Waals surface area contributed by atoms with Crippen LogP contribution in [0.2, 0.25) is 0 Å². The van der Waals surface area contributed by atoms with E-state index in [9.17, 15) is 0 Å². The first-order chi connectivity index (χ1) is 12.0. The second kappa shape index (κ2) is 7.01. The lowest BCUT2D eigenvalue weighted by Crippen LogP contribution is -2.24. The number of aromatic nitrogens is 4. The highest BCUT2D eigenvalue weighted by molar-refractivity contribution is 5.35. The Morgan fingerprint density at radius 3 is 2.80 bits per heavy atom. The fourth-order valence-corrected chi connectivity index (χ4v) is 2.71. The van der Waals surface area contributed by atoms with Gasteiger partial charge in [-0.2, -0.15) is 10.4 Å². The van der Waals surface area contributed by atoms with Crippen LogP contribution in [0.1, 0.15) is 38.6 Å². The summed E-state index contributed by atoms with van der Waals surface area (Å²) in [6.07, 6.45) is 2.62. The molecular weight excluding hydrogens is 316 g/mol. The van der Waals surface area contributed by atoms with Crippen LogP contribution in [0, 0.1) is 17.2 Å². The van der Waals surface area contributed by atoms with Crippen LogP contribution in [-0.4, -0.2) is 39.9 Å². The van der Waals surface area contributed by atoms with Gasteiger partial charge in [-0.25, -0.2) is 9.97 Å². The maximum atomic E-state index is 8.95. The summed E-state index contributed by atoms with van der Waals surface area (Å²) >= 11 is 0. The van der Waals surface area contributed by atoms with E-state index >= 15 is 0 Å². The molecule has 1 unspecified atom stereocenters. The molecule has 0 N–H and O–H groups in total. The highest BCUT2D eigenvalue weighted by Gasteiger charge is 2.25. The van der Waals surface area contributed by atoms with Crippen LogP contribution in [0.3, 0.4) is 0 Å². The molecule has 0 amide bonds. The first-order valence-electron chi connectivity index (χ1n) is 8.41. The predicted octanol–water partition coefficient (Wildman–Crippen LogP) is 2.34. The van der Waals surface area contributed by atoms with E-state index in [4.69, 9.17) is 10.00 Å². The summed E-state index contributed by atoms with van der Waals surface area (Å²) in [7, 11) is 0. The fourth-order valence-electron chi connectivity index (χ4n) is 2.71. The van der Waals surface area contributed by atoms with Gasteiger partial charge in [0.2, 0.25) is 11.8 Å². The van der Waals surface area contributed by atoms with Crippen molar-refractivity contribution in [2.45, 2.75) is 32.6 Å². The largest absolute Gasteiger partial charge is 0.476 e. The Labute approximate surface area is 147 Å². The number of nitriles is 1. The summed E-state index contributed by atoms with van der Waals surface area (Å²) in [6.45, 7) is 8.56. The summed E-state index contributed by atoms with van der Waals surface area (Å²) in [5.41, 5.74) is 1.32. The molecule has 2 aromatic rings. The Balaban J connectivity index is 1.54. The highest BCUT2D eigenvalue weighted by atomic mass is 16.5. The Hall–Kier alpha value is -2.75. The maximum absolute atomic E-state index is 8.95. The summed E-state index contributed by atoms with van der Waals surface area (Å²) < 4.78 is 5.79. The van der Waals surface area contributed by atoms with E-state index in [1.165, 1.54) is 0 Å². The van der Waals surface area contributed by atoms with Crippen molar-refractivity contribution in [2.75, 3.05) is 24.6 Å². The van der Waals surface area contributed by atoms with Crippen LogP contribution in [0.5, 0.6) is 5.88 Å². The van der Waals surface area contributed by atoms with Gasteiger partial charge in [-0.1, -0.05) is 20.8 Å². The van der Waals surface area contributed by atoms with E-state index < -0.39 is 0 Å². The average Bonchev–Trinajstić information content (AvgIpc) is 3.09. The van der Waals surface area contributed by atoms with Gasteiger partial charge >= 0.3 is 0 Å². The third-order valence-corrected chi connectivity index (χ3v) is 4.20. The number of hydrogen-bond acceptors (Lipinski definition) is 7. The second-order valence-electron chi connectivity index (χ2n) is 7.27. The van der Waals surface area contributed by atoms with Crippen LogP contribution >= 0.6 is 0 Å². The molecule has 3 rings (SSSR count). The monoisotopic (exact) mass is 338 g/mol. The van der Waals surface area contributed by atoms with Crippen molar-refractivity contribution < 1.29 is 4.74 Å². The first-order valence-corrected chi connectivity index (χ1v) is 8.41. The average molecular weight is 338 g/mol. The highest BCUT2D eigenvalue weighted by Crippen LogP contribution is 2.23. The molecule has 25 heavy (non-hydrogen) atoms. The molecule has 0 bridgehead atoms. The van der Waals surface area contributed by atoms with Crippen molar-refractivity contribution >= 4 is 5.95 Å². The lowest BCUT2D eigenvalue weighted by atomic mass is 9.92. The normalized spacial score (nSPS) is 17.4. The second-order valence-corrected chi connectivity index (χ2v) is 7.27. The van der Waals surface area contributed by atoms with Crippen molar-refractivity contribution in [1.82, 2.24) is 20.2 Å². The Morgan fingerprint density at radius 2 is 2.12 bits per heavy atom. The molecule has 1 saturated heterocycles. The third kappa shape index (κ3) is 4.21. The van der Waals surface area contributed by atoms with Gasteiger partial charge in [-0.3, -0.25) is 0 Å². The molecule has 1 atom stereocenters. The van der Waals surface area contributed by atoms with Crippen LogP contribution in [-0.2, 0) is 5.41 Å². The van der Waals surface area contributed by atoms with Crippen LogP contribution < -0.4 is 9.64 Å². The molecule has 130 valence electrons. The molecule has 0 saturated carbocycles. The standard InChI is InChI=1S/C18H22N6O/c1-18(2,3)15-4-5-16(23-22-15)25-12-13-7-9-24(11-13)17-20-8-6-14(10-19)21-17/h4-6,8,13H,7,9,11-12H2,1-3H3. The minimum absolute atomic E-state index is 0.0184. The Bertz CT molecular complexity index is 762. The van der Waals surface area contributed by atoms with E-state index in [2.05, 4.69) is 45.8 Å². The molecule has 1 aliphatic heterocycles. The van der Waals surface area contributed by atoms with E-state index in [0.717, 1.165) is 25.2 Å². The van der Waals surface area contributed by atoms with Crippen molar-refractivity contribution in [3.63, 3.8) is 0 Å². The number of nitrogens with zero attached hydrogens (tertiary/aromatic N) is 6. The Morgan fingerprint density at radius 1 is 1.28 bits per heavy atom. The molecule has 7 heteroatoms. The summed E-state index contributed by atoms with van der Waals surface area (Å²) in [5, 5.41) is 17.3. The van der Waals surface area contributed by atoms with Crippen molar-refractivity contribution in [2.24, 2.45) is 5.92 Å². The van der Waals surface area contributed by atoms with Gasteiger partial charge in [0.15, 0.2) is 0 Å². The molecule has 0 aromatic carbocycles. The Kier molecular flexibility index (Phi) is 4.79. The summed E-state index contributed by atoms with van der Waals surface area (Å²) in [4.78, 5) is 10.6. The molecule has 2 aromatic heterocycles. The smallest absolute Gasteiger partial charge is 0.233 e. The van der Waals surface area contributed by atoms with E-state index in [1.807, 2.05) is 18.2 Å².